The van der Waals surface area contributed by atoms with E-state index in [9.17, 15) is 4.79 Å². The lowest BCUT2D eigenvalue weighted by Crippen LogP contribution is -2.35. The predicted molar refractivity (Wildman–Crippen MR) is 96.0 cm³/mol. The summed E-state index contributed by atoms with van der Waals surface area (Å²) < 4.78 is 22.6. The Labute approximate surface area is 151 Å². The van der Waals surface area contributed by atoms with Gasteiger partial charge in [0, 0.05) is 13.7 Å². The van der Waals surface area contributed by atoms with Gasteiger partial charge in [0.05, 0.1) is 12.5 Å². The second kappa shape index (κ2) is 11.1. The summed E-state index contributed by atoms with van der Waals surface area (Å²) in [5.74, 6) is -0.681. The van der Waals surface area contributed by atoms with Gasteiger partial charge in [0.25, 0.3) is 0 Å². The highest BCUT2D eigenvalue weighted by molar-refractivity contribution is 5.76. The molecular weight excluding hydrogens is 324 g/mol. The van der Waals surface area contributed by atoms with Crippen LogP contribution in [0, 0.1) is 0 Å². The number of hydrogen-bond donors (Lipinski definition) is 2. The first-order chi connectivity index (χ1) is 11.9. The number of amides is 1. The van der Waals surface area contributed by atoms with Gasteiger partial charge in [-0.15, -0.1) is 0 Å². The molecule has 2 aliphatic heterocycles. The number of rotatable bonds is 8. The normalized spacial score (nSPS) is 29.7. The third-order valence-electron chi connectivity index (χ3n) is 4.14. The van der Waals surface area contributed by atoms with Crippen molar-refractivity contribution in [3.8, 4) is 0 Å². The lowest BCUT2D eigenvalue weighted by molar-refractivity contribution is -0.227. The molecule has 2 saturated heterocycles. The van der Waals surface area contributed by atoms with Crippen LogP contribution in [0.5, 0.6) is 0 Å². The number of carbonyl (C=O) groups excluding carboxylic acids is 1. The van der Waals surface area contributed by atoms with Gasteiger partial charge in [0.1, 0.15) is 12.2 Å². The largest absolute Gasteiger partial charge is 0.356 e. The molecular formula is C18H36N2O5. The number of methoxy groups -OCH3 is 1. The van der Waals surface area contributed by atoms with Crippen LogP contribution in [0.25, 0.3) is 0 Å². The fourth-order valence-corrected chi connectivity index (χ4v) is 2.86. The summed E-state index contributed by atoms with van der Waals surface area (Å²) in [5.41, 5.74) is 5.14. The van der Waals surface area contributed by atoms with E-state index >= 15 is 0 Å². The molecule has 0 aromatic carbocycles. The van der Waals surface area contributed by atoms with Crippen LogP contribution in [-0.2, 0) is 23.7 Å². The number of carbonyl (C=O) groups is 1. The Morgan fingerprint density at radius 3 is 2.32 bits per heavy atom. The summed E-state index contributed by atoms with van der Waals surface area (Å²) in [6.45, 7) is 9.48. The van der Waals surface area contributed by atoms with Gasteiger partial charge in [-0.25, -0.2) is 0 Å². The summed E-state index contributed by atoms with van der Waals surface area (Å²) in [6, 6.07) is 0. The van der Waals surface area contributed by atoms with Gasteiger partial charge in [-0.3, -0.25) is 4.79 Å². The van der Waals surface area contributed by atoms with Crippen LogP contribution < -0.4 is 11.1 Å². The molecule has 148 valence electrons. The summed E-state index contributed by atoms with van der Waals surface area (Å²) in [7, 11) is 1.57. The number of hydrogen-bond acceptors (Lipinski definition) is 6. The molecule has 2 aliphatic rings. The molecule has 1 amide bonds. The zero-order valence-electron chi connectivity index (χ0n) is 16.4. The van der Waals surface area contributed by atoms with Crippen LogP contribution in [0.1, 0.15) is 59.8 Å². The first-order valence-corrected chi connectivity index (χ1v) is 9.39. The highest BCUT2D eigenvalue weighted by Crippen LogP contribution is 2.39. The minimum Gasteiger partial charge on any atom is -0.356 e. The van der Waals surface area contributed by atoms with Gasteiger partial charge in [0.15, 0.2) is 12.1 Å². The van der Waals surface area contributed by atoms with Crippen molar-refractivity contribution in [3.05, 3.63) is 0 Å². The molecule has 4 atom stereocenters. The Bertz CT molecular complexity index is 390. The monoisotopic (exact) mass is 360 g/mol. The van der Waals surface area contributed by atoms with Crippen LogP contribution in [0.15, 0.2) is 0 Å². The van der Waals surface area contributed by atoms with Crippen molar-refractivity contribution in [3.63, 3.8) is 0 Å². The van der Waals surface area contributed by atoms with E-state index in [1.807, 2.05) is 13.8 Å². The standard InChI is InChI=1S/C14H25NO5.C4H11N/c1-5-6-7-15-10(16)8-9-11-12(13(17-4)18-9)20-14(2,3)19-11;1-2-3-4-5/h9,11-13H,5-8H2,1-4H3,(H,15,16);2-5H2,1H3/t9-,11-,12-,13?;/m1./s1. The van der Waals surface area contributed by atoms with Crippen LogP contribution in [0.2, 0.25) is 0 Å². The minimum absolute atomic E-state index is 0.0211. The fraction of sp³-hybridized carbons (Fsp3) is 0.944. The Hall–Kier alpha value is -0.730. The summed E-state index contributed by atoms with van der Waals surface area (Å²) in [6.07, 6.45) is 3.36. The van der Waals surface area contributed by atoms with Crippen molar-refractivity contribution in [2.24, 2.45) is 5.73 Å². The van der Waals surface area contributed by atoms with E-state index in [1.165, 1.54) is 12.8 Å². The molecule has 0 radical (unpaired) electrons. The molecule has 0 aliphatic carbocycles. The topological polar surface area (TPSA) is 92.0 Å². The second-order valence-electron chi connectivity index (χ2n) is 6.89. The van der Waals surface area contributed by atoms with Gasteiger partial charge in [-0.1, -0.05) is 26.7 Å². The van der Waals surface area contributed by atoms with Gasteiger partial charge >= 0.3 is 0 Å². The molecule has 3 N–H and O–H groups in total. The molecule has 1 unspecified atom stereocenters. The van der Waals surface area contributed by atoms with E-state index in [0.717, 1.165) is 19.4 Å². The van der Waals surface area contributed by atoms with Crippen molar-refractivity contribution in [1.82, 2.24) is 5.32 Å². The van der Waals surface area contributed by atoms with Crippen LogP contribution in [0.3, 0.4) is 0 Å². The molecule has 2 rings (SSSR count). The van der Waals surface area contributed by atoms with Crippen molar-refractivity contribution in [1.29, 1.82) is 0 Å². The van der Waals surface area contributed by atoms with E-state index in [-0.39, 0.29) is 30.6 Å². The quantitative estimate of drug-likeness (QED) is 0.643. The Morgan fingerprint density at radius 2 is 1.80 bits per heavy atom. The number of unbranched alkanes of at least 4 members (excludes halogenated alkanes) is 2. The first-order valence-electron chi connectivity index (χ1n) is 9.39. The van der Waals surface area contributed by atoms with E-state index in [2.05, 4.69) is 19.2 Å². The van der Waals surface area contributed by atoms with Crippen LogP contribution >= 0.6 is 0 Å². The van der Waals surface area contributed by atoms with E-state index < -0.39 is 12.1 Å². The highest BCUT2D eigenvalue weighted by atomic mass is 16.8. The van der Waals surface area contributed by atoms with Crippen LogP contribution in [0.4, 0.5) is 0 Å². The van der Waals surface area contributed by atoms with E-state index in [4.69, 9.17) is 24.7 Å². The average molecular weight is 360 g/mol. The second-order valence-corrected chi connectivity index (χ2v) is 6.89. The minimum atomic E-state index is -0.660. The smallest absolute Gasteiger partial charge is 0.222 e. The van der Waals surface area contributed by atoms with Crippen molar-refractivity contribution in [2.75, 3.05) is 20.2 Å². The predicted octanol–water partition coefficient (Wildman–Crippen LogP) is 1.93. The lowest BCUT2D eigenvalue weighted by atomic mass is 10.1. The van der Waals surface area contributed by atoms with Gasteiger partial charge in [-0.2, -0.15) is 0 Å². The highest BCUT2D eigenvalue weighted by Gasteiger charge is 2.55. The number of nitrogens with two attached hydrogens (primary N) is 1. The van der Waals surface area contributed by atoms with E-state index in [1.54, 1.807) is 7.11 Å². The Balaban J connectivity index is 0.000000550. The third-order valence-corrected chi connectivity index (χ3v) is 4.14. The SMILES string of the molecule is CCCCN.CCCCNC(=O)C[C@H]1OC(OC)[C@@H]2OC(C)(C)O[C@H]12. The fourth-order valence-electron chi connectivity index (χ4n) is 2.86. The molecule has 7 heteroatoms. The maximum Gasteiger partial charge on any atom is 0.222 e. The number of fused-ring (bicyclic) bond motifs is 1. The molecule has 25 heavy (non-hydrogen) atoms. The maximum atomic E-state index is 11.9. The summed E-state index contributed by atoms with van der Waals surface area (Å²) >= 11 is 0. The molecule has 0 aromatic rings. The number of ether oxygens (including phenoxy) is 4. The van der Waals surface area contributed by atoms with Gasteiger partial charge < -0.3 is 30.0 Å². The zero-order valence-corrected chi connectivity index (χ0v) is 16.4. The average Bonchev–Trinajstić information content (AvgIpc) is 3.03. The number of nitrogens with one attached hydrogen (secondary N) is 1. The molecule has 0 saturated carbocycles. The third kappa shape index (κ3) is 7.19. The summed E-state index contributed by atoms with van der Waals surface area (Å²) in [5, 5.41) is 2.89. The van der Waals surface area contributed by atoms with Crippen molar-refractivity contribution in [2.45, 2.75) is 90.2 Å². The van der Waals surface area contributed by atoms with Gasteiger partial charge in [0.2, 0.25) is 5.91 Å². The summed E-state index contributed by atoms with van der Waals surface area (Å²) in [4.78, 5) is 11.9. The van der Waals surface area contributed by atoms with E-state index in [0.29, 0.717) is 6.54 Å². The molecule has 0 aromatic heterocycles. The molecule has 0 bridgehead atoms. The van der Waals surface area contributed by atoms with Gasteiger partial charge in [-0.05, 0) is 33.2 Å². The maximum absolute atomic E-state index is 11.9. The molecule has 0 spiro atoms. The molecule has 7 nitrogen and oxygen atoms in total. The zero-order chi connectivity index (χ0) is 18.9. The van der Waals surface area contributed by atoms with Crippen LogP contribution in [-0.4, -0.2) is 56.5 Å². The van der Waals surface area contributed by atoms with Crippen molar-refractivity contribution < 1.29 is 23.7 Å². The Kier molecular flexibility index (Phi) is 9.89. The first kappa shape index (κ1) is 22.3. The van der Waals surface area contributed by atoms with Crippen molar-refractivity contribution >= 4 is 5.91 Å². The molecule has 2 heterocycles. The molecule has 2 fully saturated rings. The lowest BCUT2D eigenvalue weighted by Gasteiger charge is -2.23. The Morgan fingerprint density at radius 1 is 1.16 bits per heavy atom.